The van der Waals surface area contributed by atoms with Crippen molar-refractivity contribution in [3.8, 4) is 11.1 Å². The van der Waals surface area contributed by atoms with Crippen LogP contribution in [0.25, 0.3) is 22.0 Å². The molecule has 1 unspecified atom stereocenters. The summed E-state index contributed by atoms with van der Waals surface area (Å²) in [7, 11) is -3.53. The van der Waals surface area contributed by atoms with Crippen molar-refractivity contribution in [3.05, 3.63) is 53.7 Å². The number of ketones is 1. The third kappa shape index (κ3) is 3.90. The summed E-state index contributed by atoms with van der Waals surface area (Å²) in [6, 6.07) is 13.4. The second kappa shape index (κ2) is 8.21. The monoisotopic (exact) mass is 496 g/mol. The van der Waals surface area contributed by atoms with Gasteiger partial charge in [0.1, 0.15) is 5.78 Å². The number of fused-ring (bicyclic) bond motifs is 1. The van der Waals surface area contributed by atoms with Gasteiger partial charge in [-0.25, -0.2) is 8.42 Å². The largest absolute Gasteiger partial charge is 0.361 e. The minimum absolute atomic E-state index is 0.0860. The van der Waals surface area contributed by atoms with Crippen LogP contribution < -0.4 is 5.32 Å². The quantitative estimate of drug-likeness (QED) is 0.497. The summed E-state index contributed by atoms with van der Waals surface area (Å²) in [6.45, 7) is 0.431. The average molecular weight is 497 g/mol. The fraction of sp³-hybridized carbons (Fsp3) is 0.444. The number of hydrogen-bond donors (Lipinski definition) is 2. The van der Waals surface area contributed by atoms with E-state index in [0.717, 1.165) is 54.1 Å². The summed E-state index contributed by atoms with van der Waals surface area (Å²) in [5.41, 5.74) is 2.83. The van der Waals surface area contributed by atoms with Crippen LogP contribution in [0.2, 0.25) is 5.02 Å². The molecule has 2 N–H and O–H groups in total. The lowest BCUT2D eigenvalue weighted by atomic mass is 9.71. The molecule has 1 aromatic heterocycles. The van der Waals surface area contributed by atoms with Crippen LogP contribution in [0.3, 0.4) is 0 Å². The van der Waals surface area contributed by atoms with Crippen LogP contribution >= 0.6 is 11.6 Å². The molecule has 5 nitrogen and oxygen atoms in total. The maximum atomic E-state index is 13.5. The zero-order valence-electron chi connectivity index (χ0n) is 19.0. The number of H-pyrrole nitrogens is 1. The van der Waals surface area contributed by atoms with Crippen molar-refractivity contribution in [1.82, 2.24) is 10.3 Å². The van der Waals surface area contributed by atoms with E-state index in [1.807, 2.05) is 36.5 Å². The molecular formula is C27H29ClN2O3S. The van der Waals surface area contributed by atoms with Crippen molar-refractivity contribution in [2.75, 3.05) is 6.54 Å². The van der Waals surface area contributed by atoms with Crippen molar-refractivity contribution >= 4 is 38.1 Å². The number of hydrogen-bond acceptors (Lipinski definition) is 4. The third-order valence-corrected chi connectivity index (χ3v) is 11.1. The van der Waals surface area contributed by atoms with Gasteiger partial charge >= 0.3 is 0 Å². The molecule has 1 aliphatic heterocycles. The van der Waals surface area contributed by atoms with E-state index in [1.54, 1.807) is 12.1 Å². The predicted octanol–water partition coefficient (Wildman–Crippen LogP) is 5.53. The summed E-state index contributed by atoms with van der Waals surface area (Å²) in [4.78, 5) is 15.8. The SMILES string of the molecule is O=C1CNC2(CCC(S(=O)(=O)c3ccc(-c4ccc5cc[nH]c5c4)cc3Cl)CC2)CC1C1CC1. The Morgan fingerprint density at radius 2 is 1.68 bits per heavy atom. The normalized spacial score (nSPS) is 28.0. The van der Waals surface area contributed by atoms with Crippen LogP contribution in [-0.4, -0.2) is 36.5 Å². The topological polar surface area (TPSA) is 79.0 Å². The molecule has 0 radical (unpaired) electrons. The molecule has 1 atom stereocenters. The van der Waals surface area contributed by atoms with Gasteiger partial charge in [0.15, 0.2) is 9.84 Å². The average Bonchev–Trinajstić information content (AvgIpc) is 3.57. The zero-order chi connectivity index (χ0) is 23.5. The highest BCUT2D eigenvalue weighted by Gasteiger charge is 2.48. The molecule has 2 saturated carbocycles. The number of carbonyl (C=O) groups excluding carboxylic acids is 1. The van der Waals surface area contributed by atoms with Crippen LogP contribution in [0, 0.1) is 11.8 Å². The van der Waals surface area contributed by atoms with Crippen LogP contribution in [-0.2, 0) is 14.6 Å². The lowest BCUT2D eigenvalue weighted by Gasteiger charge is -2.45. The van der Waals surface area contributed by atoms with Crippen LogP contribution in [0.4, 0.5) is 0 Å². The number of rotatable bonds is 4. The highest BCUT2D eigenvalue weighted by molar-refractivity contribution is 7.92. The molecule has 3 aliphatic rings. The molecule has 7 heteroatoms. The van der Waals surface area contributed by atoms with Gasteiger partial charge in [-0.1, -0.05) is 29.8 Å². The molecule has 2 aliphatic carbocycles. The van der Waals surface area contributed by atoms with E-state index in [-0.39, 0.29) is 21.4 Å². The molecule has 6 rings (SSSR count). The first-order valence-corrected chi connectivity index (χ1v) is 14.2. The molecular weight excluding hydrogens is 468 g/mol. The van der Waals surface area contributed by atoms with Gasteiger partial charge in [0.05, 0.1) is 21.7 Å². The number of aromatic amines is 1. The van der Waals surface area contributed by atoms with Gasteiger partial charge in [0, 0.05) is 23.2 Å². The molecule has 1 saturated heterocycles. The second-order valence-electron chi connectivity index (χ2n) is 10.4. The Balaban J connectivity index is 1.20. The summed E-state index contributed by atoms with van der Waals surface area (Å²) < 4.78 is 27.1. The highest BCUT2D eigenvalue weighted by atomic mass is 35.5. The van der Waals surface area contributed by atoms with Gasteiger partial charge in [-0.3, -0.25) is 4.79 Å². The Kier molecular flexibility index (Phi) is 5.39. The van der Waals surface area contributed by atoms with E-state index in [1.165, 1.54) is 0 Å². The van der Waals surface area contributed by atoms with E-state index in [0.29, 0.717) is 31.1 Å². The Morgan fingerprint density at radius 1 is 0.941 bits per heavy atom. The van der Waals surface area contributed by atoms with Crippen LogP contribution in [0.1, 0.15) is 44.9 Å². The fourth-order valence-electron chi connectivity index (χ4n) is 6.09. The van der Waals surface area contributed by atoms with Gasteiger partial charge in [-0.05, 0) is 91.6 Å². The number of sulfone groups is 1. The summed E-state index contributed by atoms with van der Waals surface area (Å²) in [5, 5.41) is 4.46. The molecule has 3 fully saturated rings. The van der Waals surface area contributed by atoms with Gasteiger partial charge in [0.25, 0.3) is 0 Å². The number of benzene rings is 2. The summed E-state index contributed by atoms with van der Waals surface area (Å²) in [5.74, 6) is 1.06. The van der Waals surface area contributed by atoms with E-state index < -0.39 is 15.1 Å². The number of nitrogens with one attached hydrogen (secondary N) is 2. The zero-order valence-corrected chi connectivity index (χ0v) is 20.6. The third-order valence-electron chi connectivity index (χ3n) is 8.31. The van der Waals surface area contributed by atoms with Crippen molar-refractivity contribution in [2.45, 2.75) is 60.6 Å². The van der Waals surface area contributed by atoms with E-state index in [4.69, 9.17) is 11.6 Å². The standard InChI is InChI=1S/C27H29ClN2O3S/c28-23-13-19(20-4-3-18-9-12-29-24(18)14-20)5-6-26(23)34(32,33)21-7-10-27(11-8-21)15-22(17-1-2-17)25(31)16-30-27/h3-6,9,12-14,17,21-22,29-30H,1-2,7-8,10-11,15-16H2. The minimum Gasteiger partial charge on any atom is -0.361 e. The molecule has 34 heavy (non-hydrogen) atoms. The molecule has 3 aromatic rings. The van der Waals surface area contributed by atoms with Gasteiger partial charge < -0.3 is 10.3 Å². The van der Waals surface area contributed by atoms with Crippen molar-refractivity contribution in [3.63, 3.8) is 0 Å². The fourth-order valence-corrected chi connectivity index (χ4v) is 8.40. The van der Waals surface area contributed by atoms with E-state index in [2.05, 4.69) is 10.3 Å². The highest BCUT2D eigenvalue weighted by Crippen LogP contribution is 2.47. The summed E-state index contributed by atoms with van der Waals surface area (Å²) in [6.07, 6.45) is 7.87. The first-order valence-electron chi connectivity index (χ1n) is 12.2. The van der Waals surface area contributed by atoms with Crippen LogP contribution in [0.5, 0.6) is 0 Å². The summed E-state index contributed by atoms with van der Waals surface area (Å²) >= 11 is 6.56. The maximum absolute atomic E-state index is 13.5. The van der Waals surface area contributed by atoms with Crippen molar-refractivity contribution < 1.29 is 13.2 Å². The number of Topliss-reactive ketones (excluding diaryl/α,β-unsaturated/α-hetero) is 1. The Hall–Kier alpha value is -2.15. The molecule has 0 bridgehead atoms. The van der Waals surface area contributed by atoms with E-state index in [9.17, 15) is 13.2 Å². The molecule has 0 amide bonds. The number of aromatic nitrogens is 1. The molecule has 2 heterocycles. The van der Waals surface area contributed by atoms with Gasteiger partial charge in [-0.15, -0.1) is 0 Å². The Labute approximate surface area is 205 Å². The Morgan fingerprint density at radius 3 is 2.41 bits per heavy atom. The second-order valence-corrected chi connectivity index (χ2v) is 13.0. The van der Waals surface area contributed by atoms with Gasteiger partial charge in [-0.2, -0.15) is 0 Å². The molecule has 1 spiro atoms. The van der Waals surface area contributed by atoms with Crippen molar-refractivity contribution in [2.24, 2.45) is 11.8 Å². The predicted molar refractivity (Wildman–Crippen MR) is 135 cm³/mol. The number of halogens is 1. The smallest absolute Gasteiger partial charge is 0.182 e. The first-order chi connectivity index (χ1) is 16.3. The number of carbonyl (C=O) groups is 1. The molecule has 178 valence electrons. The van der Waals surface area contributed by atoms with E-state index >= 15 is 0 Å². The maximum Gasteiger partial charge on any atom is 0.182 e. The van der Waals surface area contributed by atoms with Crippen LogP contribution in [0.15, 0.2) is 53.6 Å². The Bertz CT molecular complexity index is 1370. The molecule has 2 aromatic carbocycles. The first kappa shape index (κ1) is 22.3. The minimum atomic E-state index is -3.53. The van der Waals surface area contributed by atoms with Gasteiger partial charge in [0.2, 0.25) is 0 Å². The van der Waals surface area contributed by atoms with Crippen molar-refractivity contribution in [1.29, 1.82) is 0 Å². The lowest BCUT2D eigenvalue weighted by molar-refractivity contribution is -0.126. The number of piperidine rings is 1. The lowest BCUT2D eigenvalue weighted by Crippen LogP contribution is -2.57.